The molecule has 1 aliphatic rings. The van der Waals surface area contributed by atoms with Gasteiger partial charge in [0.25, 0.3) is 0 Å². The summed E-state index contributed by atoms with van der Waals surface area (Å²) < 4.78 is 0. The van der Waals surface area contributed by atoms with Gasteiger partial charge in [0.2, 0.25) is 0 Å². The molecule has 2 unspecified atom stereocenters. The second-order valence-corrected chi connectivity index (χ2v) is 15.8. The van der Waals surface area contributed by atoms with Gasteiger partial charge < -0.3 is 4.90 Å². The number of ketones is 1. The Kier molecular flexibility index (Phi) is 11.5. The van der Waals surface area contributed by atoms with Crippen molar-refractivity contribution in [3.8, 4) is 0 Å². The van der Waals surface area contributed by atoms with Crippen LogP contribution >= 0.6 is 0 Å². The molecule has 0 bridgehead atoms. The van der Waals surface area contributed by atoms with Crippen LogP contribution in [-0.4, -0.2) is 34.7 Å². The zero-order valence-electron chi connectivity index (χ0n) is 33.7. The number of rotatable bonds is 5. The Labute approximate surface area is 341 Å². The molecule has 58 heavy (non-hydrogen) atoms. The van der Waals surface area contributed by atoms with Gasteiger partial charge in [0.05, 0.1) is 17.0 Å². The predicted octanol–water partition coefficient (Wildman–Crippen LogP) is 13.0. The Morgan fingerprint density at radius 2 is 1.10 bits per heavy atom. The normalized spacial score (nSPS) is 14.9. The number of nitrogens with zero attached hydrogens (tertiary/aromatic N) is 3. The Hall–Kier alpha value is -6.49. The molecule has 2 aromatic heterocycles. The summed E-state index contributed by atoms with van der Waals surface area (Å²) in [6, 6.07) is 59.1. The fraction of sp³-hybridized carbons (Fsp3) is 0.167. The second kappa shape index (κ2) is 17.3. The van der Waals surface area contributed by atoms with Crippen molar-refractivity contribution in [3.05, 3.63) is 216 Å². The van der Waals surface area contributed by atoms with Gasteiger partial charge in [-0.25, -0.2) is 0 Å². The number of aromatic nitrogens is 2. The van der Waals surface area contributed by atoms with Crippen molar-refractivity contribution in [2.45, 2.75) is 44.6 Å². The molecule has 0 amide bonds. The monoisotopic (exact) mass is 755 g/mol. The standard InChI is InChI=1S/C36H35NO.2C9H7N/c1-23(2)25-13-15-28(16-14-25)34-33(27-11-9-24(10-12-27)22-37(3)4)21-29-18-19-31-30-8-6-5-7-26(30)17-20-32(31)35(29)36(34)38;2*1-2-6-9-8(4-1)5-3-7-10-9/h5-20,23,33-34H,21-22H2,1-4H3;2*1-7H. The first-order valence-corrected chi connectivity index (χ1v) is 20.2. The highest BCUT2D eigenvalue weighted by atomic mass is 16.1. The molecule has 4 nitrogen and oxygen atoms in total. The van der Waals surface area contributed by atoms with Gasteiger partial charge in [-0.1, -0.05) is 159 Å². The van der Waals surface area contributed by atoms with Crippen molar-refractivity contribution in [3.63, 3.8) is 0 Å². The van der Waals surface area contributed by atoms with E-state index in [1.807, 2.05) is 60.9 Å². The summed E-state index contributed by atoms with van der Waals surface area (Å²) in [5, 5.41) is 7.05. The van der Waals surface area contributed by atoms with Crippen LogP contribution in [0.25, 0.3) is 43.4 Å². The zero-order chi connectivity index (χ0) is 40.0. The van der Waals surface area contributed by atoms with Gasteiger partial charge in [0, 0.05) is 41.2 Å². The van der Waals surface area contributed by atoms with Gasteiger partial charge in [-0.2, -0.15) is 0 Å². The van der Waals surface area contributed by atoms with Crippen LogP contribution < -0.4 is 0 Å². The van der Waals surface area contributed by atoms with E-state index in [1.165, 1.54) is 38.2 Å². The minimum absolute atomic E-state index is 0.103. The maximum Gasteiger partial charge on any atom is 0.171 e. The number of benzene rings is 7. The van der Waals surface area contributed by atoms with Crippen LogP contribution in [0, 0.1) is 0 Å². The zero-order valence-corrected chi connectivity index (χ0v) is 33.7. The summed E-state index contributed by atoms with van der Waals surface area (Å²) in [5.74, 6) is 0.600. The lowest BCUT2D eigenvalue weighted by Gasteiger charge is -2.34. The lowest BCUT2D eigenvalue weighted by atomic mass is 9.68. The third kappa shape index (κ3) is 8.30. The third-order valence-electron chi connectivity index (χ3n) is 11.3. The van der Waals surface area contributed by atoms with Gasteiger partial charge in [0.1, 0.15) is 0 Å². The van der Waals surface area contributed by atoms with E-state index in [0.717, 1.165) is 51.5 Å². The lowest BCUT2D eigenvalue weighted by molar-refractivity contribution is 0.0937. The van der Waals surface area contributed by atoms with Gasteiger partial charge in [-0.05, 0) is 100 Å². The van der Waals surface area contributed by atoms with Gasteiger partial charge in [0.15, 0.2) is 5.78 Å². The van der Waals surface area contributed by atoms with Crippen molar-refractivity contribution < 1.29 is 4.79 Å². The van der Waals surface area contributed by atoms with Crippen LogP contribution in [0.15, 0.2) is 182 Å². The first kappa shape index (κ1) is 38.4. The average molecular weight is 756 g/mol. The summed E-state index contributed by atoms with van der Waals surface area (Å²) >= 11 is 0. The SMILES string of the molecule is CC(C)c1ccc(C2C(=O)c3c(ccc4c3ccc3ccccc34)CC2c2ccc(CN(C)C)cc2)cc1.c1ccc2ncccc2c1.c1ccc2ncccc2c1. The van der Waals surface area contributed by atoms with Crippen LogP contribution in [0.1, 0.15) is 69.8 Å². The van der Waals surface area contributed by atoms with Crippen molar-refractivity contribution in [2.75, 3.05) is 14.1 Å². The van der Waals surface area contributed by atoms with Crippen LogP contribution in [-0.2, 0) is 13.0 Å². The smallest absolute Gasteiger partial charge is 0.171 e. The number of carbonyl (C=O) groups excluding carboxylic acids is 1. The first-order chi connectivity index (χ1) is 28.3. The van der Waals surface area contributed by atoms with Gasteiger partial charge in [-0.15, -0.1) is 0 Å². The molecule has 1 aliphatic carbocycles. The Bertz CT molecular complexity index is 2620. The highest BCUT2D eigenvalue weighted by Crippen LogP contribution is 2.46. The molecule has 2 heterocycles. The van der Waals surface area contributed by atoms with E-state index in [1.54, 1.807) is 0 Å². The quantitative estimate of drug-likeness (QED) is 0.164. The fourth-order valence-corrected chi connectivity index (χ4v) is 8.34. The van der Waals surface area contributed by atoms with Crippen LogP contribution in [0.2, 0.25) is 0 Å². The average Bonchev–Trinajstić information content (AvgIpc) is 3.26. The maximum absolute atomic E-state index is 14.6. The Morgan fingerprint density at radius 1 is 0.552 bits per heavy atom. The molecule has 286 valence electrons. The van der Waals surface area contributed by atoms with Gasteiger partial charge in [-0.3, -0.25) is 14.8 Å². The molecule has 0 saturated heterocycles. The van der Waals surface area contributed by atoms with E-state index < -0.39 is 0 Å². The molecule has 0 N–H and O–H groups in total. The number of pyridine rings is 2. The summed E-state index contributed by atoms with van der Waals surface area (Å²) in [6.07, 6.45) is 4.47. The molecule has 0 spiro atoms. The molecular formula is C54H49N3O. The number of carbonyl (C=O) groups is 1. The summed E-state index contributed by atoms with van der Waals surface area (Å²) in [5.41, 5.74) is 9.14. The van der Waals surface area contributed by atoms with E-state index in [4.69, 9.17) is 0 Å². The predicted molar refractivity (Wildman–Crippen MR) is 243 cm³/mol. The summed E-state index contributed by atoms with van der Waals surface area (Å²) in [6.45, 7) is 5.34. The molecule has 0 fully saturated rings. The highest BCUT2D eigenvalue weighted by Gasteiger charge is 2.38. The van der Waals surface area contributed by atoms with Gasteiger partial charge >= 0.3 is 0 Å². The van der Waals surface area contributed by atoms with Crippen LogP contribution in [0.5, 0.6) is 0 Å². The van der Waals surface area contributed by atoms with Crippen molar-refractivity contribution >= 4 is 49.1 Å². The number of fused-ring (bicyclic) bond motifs is 7. The molecule has 7 aromatic carbocycles. The van der Waals surface area contributed by atoms with E-state index in [9.17, 15) is 4.79 Å². The first-order valence-electron chi connectivity index (χ1n) is 20.2. The number of Topliss-reactive ketones (excluding diaryl/α,β-unsaturated/α-hetero) is 1. The van der Waals surface area contributed by atoms with E-state index in [0.29, 0.717) is 5.92 Å². The fourth-order valence-electron chi connectivity index (χ4n) is 8.34. The van der Waals surface area contributed by atoms with Crippen LogP contribution in [0.4, 0.5) is 0 Å². The Balaban J connectivity index is 0.000000188. The topological polar surface area (TPSA) is 46.1 Å². The highest BCUT2D eigenvalue weighted by molar-refractivity contribution is 6.18. The molecule has 0 saturated carbocycles. The van der Waals surface area contributed by atoms with Crippen molar-refractivity contribution in [1.82, 2.24) is 14.9 Å². The minimum atomic E-state index is -0.208. The van der Waals surface area contributed by atoms with E-state index in [2.05, 4.69) is 164 Å². The summed E-state index contributed by atoms with van der Waals surface area (Å²) in [7, 11) is 4.18. The van der Waals surface area contributed by atoms with Crippen molar-refractivity contribution in [2.24, 2.45) is 0 Å². The largest absolute Gasteiger partial charge is 0.305 e. The Morgan fingerprint density at radius 3 is 1.71 bits per heavy atom. The summed E-state index contributed by atoms with van der Waals surface area (Å²) in [4.78, 5) is 25.1. The molecule has 9 aromatic rings. The molecule has 0 aliphatic heterocycles. The lowest BCUT2D eigenvalue weighted by Crippen LogP contribution is -2.29. The van der Waals surface area contributed by atoms with Crippen LogP contribution in [0.3, 0.4) is 0 Å². The van der Waals surface area contributed by atoms with E-state index in [-0.39, 0.29) is 17.6 Å². The minimum Gasteiger partial charge on any atom is -0.305 e. The molecule has 4 heteroatoms. The molecule has 2 atom stereocenters. The van der Waals surface area contributed by atoms with E-state index >= 15 is 0 Å². The molecule has 0 radical (unpaired) electrons. The molecule has 10 rings (SSSR count). The second-order valence-electron chi connectivity index (χ2n) is 15.8. The maximum atomic E-state index is 14.6. The third-order valence-corrected chi connectivity index (χ3v) is 11.3. The number of hydrogen-bond acceptors (Lipinski definition) is 4. The molecular weight excluding hydrogens is 707 g/mol. The number of para-hydroxylation sites is 2. The number of hydrogen-bond donors (Lipinski definition) is 0. The van der Waals surface area contributed by atoms with Crippen molar-refractivity contribution in [1.29, 1.82) is 0 Å².